The lowest BCUT2D eigenvalue weighted by molar-refractivity contribution is -0.384. The van der Waals surface area contributed by atoms with E-state index in [2.05, 4.69) is 10.1 Å². The number of hydrogen-bond donors (Lipinski definition) is 1. The van der Waals surface area contributed by atoms with Crippen molar-refractivity contribution in [2.24, 2.45) is 0 Å². The molecule has 1 atom stereocenters. The van der Waals surface area contributed by atoms with E-state index in [9.17, 15) is 19.7 Å². The number of nitro benzene ring substituents is 1. The van der Waals surface area contributed by atoms with Gasteiger partial charge in [0.1, 0.15) is 5.75 Å². The van der Waals surface area contributed by atoms with Crippen molar-refractivity contribution in [3.8, 4) is 17.2 Å². The molecule has 10 nitrogen and oxygen atoms in total. The lowest BCUT2D eigenvalue weighted by Crippen LogP contribution is -2.30. The van der Waals surface area contributed by atoms with Crippen molar-refractivity contribution in [1.29, 1.82) is 0 Å². The molecule has 0 aliphatic rings. The molecule has 0 aromatic heterocycles. The van der Waals surface area contributed by atoms with Crippen LogP contribution >= 0.6 is 0 Å². The molecular weight excluding hydrogens is 384 g/mol. The molecule has 10 heteroatoms. The molecule has 1 amide bonds. The third-order valence-electron chi connectivity index (χ3n) is 3.91. The van der Waals surface area contributed by atoms with Crippen molar-refractivity contribution in [2.75, 3.05) is 26.6 Å². The van der Waals surface area contributed by atoms with Crippen LogP contribution in [0.15, 0.2) is 36.4 Å². The van der Waals surface area contributed by atoms with E-state index in [1.54, 1.807) is 0 Å². The Hall–Kier alpha value is -3.82. The smallest absolute Gasteiger partial charge is 0.337 e. The van der Waals surface area contributed by atoms with Crippen LogP contribution in [0, 0.1) is 10.1 Å². The van der Waals surface area contributed by atoms with Crippen LogP contribution in [0.5, 0.6) is 17.2 Å². The Morgan fingerprint density at radius 2 is 1.66 bits per heavy atom. The predicted octanol–water partition coefficient (Wildman–Crippen LogP) is 2.80. The molecule has 0 aliphatic carbocycles. The maximum atomic E-state index is 12.5. The van der Waals surface area contributed by atoms with Gasteiger partial charge in [0, 0.05) is 12.1 Å². The number of esters is 1. The van der Waals surface area contributed by atoms with Crippen molar-refractivity contribution in [3.05, 3.63) is 52.1 Å². The third-order valence-corrected chi connectivity index (χ3v) is 3.91. The average Bonchev–Trinajstić information content (AvgIpc) is 2.73. The fourth-order valence-corrected chi connectivity index (χ4v) is 2.40. The summed E-state index contributed by atoms with van der Waals surface area (Å²) in [6.45, 7) is 1.49. The Labute approximate surface area is 166 Å². The van der Waals surface area contributed by atoms with Crippen LogP contribution in [0.25, 0.3) is 0 Å². The highest BCUT2D eigenvalue weighted by molar-refractivity contribution is 5.96. The second kappa shape index (κ2) is 9.40. The number of hydrogen-bond acceptors (Lipinski definition) is 8. The zero-order valence-electron chi connectivity index (χ0n) is 16.3. The van der Waals surface area contributed by atoms with Crippen molar-refractivity contribution >= 4 is 23.3 Å². The summed E-state index contributed by atoms with van der Waals surface area (Å²) in [5, 5.41) is 13.5. The molecule has 0 radical (unpaired) electrons. The van der Waals surface area contributed by atoms with E-state index in [-0.39, 0.29) is 34.2 Å². The van der Waals surface area contributed by atoms with Gasteiger partial charge in [0.15, 0.2) is 17.6 Å². The zero-order valence-corrected chi connectivity index (χ0v) is 16.3. The molecule has 0 bridgehead atoms. The van der Waals surface area contributed by atoms with Gasteiger partial charge in [-0.15, -0.1) is 0 Å². The summed E-state index contributed by atoms with van der Waals surface area (Å²) in [7, 11) is 4.03. The third kappa shape index (κ3) is 5.12. The highest BCUT2D eigenvalue weighted by Crippen LogP contribution is 2.31. The average molecular weight is 404 g/mol. The zero-order chi connectivity index (χ0) is 21.6. The van der Waals surface area contributed by atoms with Gasteiger partial charge in [-0.3, -0.25) is 14.9 Å². The minimum absolute atomic E-state index is 0.134. The lowest BCUT2D eigenvalue weighted by Gasteiger charge is -2.18. The van der Waals surface area contributed by atoms with Gasteiger partial charge >= 0.3 is 5.97 Å². The topological polar surface area (TPSA) is 126 Å². The van der Waals surface area contributed by atoms with Crippen molar-refractivity contribution in [3.63, 3.8) is 0 Å². The summed E-state index contributed by atoms with van der Waals surface area (Å²) >= 11 is 0. The minimum atomic E-state index is -0.989. The van der Waals surface area contributed by atoms with Crippen LogP contribution in [0.4, 0.5) is 11.4 Å². The summed E-state index contributed by atoms with van der Waals surface area (Å²) in [6, 6.07) is 8.21. The molecule has 0 heterocycles. The number of amides is 1. The normalized spacial score (nSPS) is 11.2. The monoisotopic (exact) mass is 404 g/mol. The van der Waals surface area contributed by atoms with Gasteiger partial charge in [-0.05, 0) is 31.2 Å². The van der Waals surface area contributed by atoms with Gasteiger partial charge in [0.2, 0.25) is 0 Å². The minimum Gasteiger partial charge on any atom is -0.495 e. The van der Waals surface area contributed by atoms with Gasteiger partial charge < -0.3 is 24.3 Å². The van der Waals surface area contributed by atoms with E-state index in [1.807, 2.05) is 0 Å². The number of nitrogens with one attached hydrogen (secondary N) is 1. The molecule has 0 fully saturated rings. The molecule has 0 aliphatic heterocycles. The molecule has 0 saturated carbocycles. The van der Waals surface area contributed by atoms with Crippen LogP contribution in [-0.4, -0.2) is 44.2 Å². The van der Waals surface area contributed by atoms with Crippen LogP contribution in [-0.2, 0) is 9.53 Å². The summed E-state index contributed by atoms with van der Waals surface area (Å²) in [5.74, 6) is -0.383. The van der Waals surface area contributed by atoms with Crippen molar-refractivity contribution in [2.45, 2.75) is 13.0 Å². The fourth-order valence-electron chi connectivity index (χ4n) is 2.40. The number of non-ortho nitro benzene ring substituents is 1. The quantitative estimate of drug-likeness (QED) is 0.404. The first-order valence-corrected chi connectivity index (χ1v) is 8.37. The fraction of sp³-hybridized carbons (Fsp3) is 0.263. The Balaban J connectivity index is 2.18. The molecule has 29 heavy (non-hydrogen) atoms. The number of nitro groups is 1. The molecule has 0 spiro atoms. The molecule has 2 aromatic carbocycles. The molecule has 2 rings (SSSR count). The number of nitrogens with zero attached hydrogens (tertiary/aromatic N) is 1. The van der Waals surface area contributed by atoms with Gasteiger partial charge in [0.05, 0.1) is 37.5 Å². The van der Waals surface area contributed by atoms with E-state index < -0.39 is 22.9 Å². The maximum absolute atomic E-state index is 12.5. The second-order valence-corrected chi connectivity index (χ2v) is 5.75. The molecule has 154 valence electrons. The molecule has 1 N–H and O–H groups in total. The van der Waals surface area contributed by atoms with Crippen LogP contribution in [0.1, 0.15) is 17.3 Å². The van der Waals surface area contributed by atoms with E-state index >= 15 is 0 Å². The highest BCUT2D eigenvalue weighted by Gasteiger charge is 2.21. The number of methoxy groups -OCH3 is 3. The first-order chi connectivity index (χ1) is 13.8. The summed E-state index contributed by atoms with van der Waals surface area (Å²) in [4.78, 5) is 34.5. The van der Waals surface area contributed by atoms with Crippen LogP contribution in [0.2, 0.25) is 0 Å². The predicted molar refractivity (Wildman–Crippen MR) is 103 cm³/mol. The van der Waals surface area contributed by atoms with Crippen molar-refractivity contribution in [1.82, 2.24) is 0 Å². The Morgan fingerprint density at radius 1 is 1.00 bits per heavy atom. The largest absolute Gasteiger partial charge is 0.495 e. The van der Waals surface area contributed by atoms with E-state index in [0.717, 1.165) is 0 Å². The molecule has 0 saturated heterocycles. The number of benzene rings is 2. The highest BCUT2D eigenvalue weighted by atomic mass is 16.6. The number of anilines is 1. The Bertz CT molecular complexity index is 928. The molecular formula is C19H20N2O8. The van der Waals surface area contributed by atoms with Crippen molar-refractivity contribution < 1.29 is 33.5 Å². The summed E-state index contributed by atoms with van der Waals surface area (Å²) in [5.41, 5.74) is 0.194. The lowest BCUT2D eigenvalue weighted by atomic mass is 10.2. The first kappa shape index (κ1) is 21.5. The van der Waals surface area contributed by atoms with Gasteiger partial charge in [-0.2, -0.15) is 0 Å². The van der Waals surface area contributed by atoms with Gasteiger partial charge in [-0.1, -0.05) is 0 Å². The number of ether oxygens (including phenoxy) is 4. The summed E-state index contributed by atoms with van der Waals surface area (Å²) in [6.07, 6.45) is -0.989. The van der Waals surface area contributed by atoms with E-state index in [1.165, 1.54) is 64.7 Å². The summed E-state index contributed by atoms with van der Waals surface area (Å²) < 4.78 is 20.6. The van der Waals surface area contributed by atoms with E-state index in [0.29, 0.717) is 0 Å². The van der Waals surface area contributed by atoms with Gasteiger partial charge in [-0.25, -0.2) is 4.79 Å². The van der Waals surface area contributed by atoms with E-state index in [4.69, 9.17) is 14.2 Å². The second-order valence-electron chi connectivity index (χ2n) is 5.75. The SMILES string of the molecule is COC(=O)c1ccc(O[C@@H](C)C(=O)Nc2cc([N+](=O)[O-])ccc2OC)c(OC)c1. The Kier molecular flexibility index (Phi) is 6.96. The molecule has 0 unspecified atom stereocenters. The van der Waals surface area contributed by atoms with Crippen LogP contribution < -0.4 is 19.5 Å². The van der Waals surface area contributed by atoms with Gasteiger partial charge in [0.25, 0.3) is 11.6 Å². The molecule has 2 aromatic rings. The van der Waals surface area contributed by atoms with Crippen LogP contribution in [0.3, 0.4) is 0 Å². The first-order valence-electron chi connectivity index (χ1n) is 8.37. The Morgan fingerprint density at radius 3 is 2.24 bits per heavy atom. The number of rotatable bonds is 8. The maximum Gasteiger partial charge on any atom is 0.337 e. The standard InChI is InChI=1S/C19H20N2O8/c1-11(29-16-7-5-12(19(23)28-4)9-17(16)27-3)18(22)20-14-10-13(21(24)25)6-8-15(14)26-2/h5-11H,1-4H3,(H,20,22)/t11-/m0/s1. The number of carbonyl (C=O) groups excluding carboxylic acids is 2. The number of carbonyl (C=O) groups is 2.